The number of benzene rings is 2. The standard InChI is InChI=1S/C25H42O5S.C18H36O3.C7H7ClO2S/c1-23-18-20-24(21-19-23)31(27,28)30-22-16-14-12-10-8-6-4-3-5-7-9-11-13-15-17-25(26)29-2;1-21-18(20)16-14-12-10-8-6-4-2-3-5-7-9-11-13-15-17-19;1-6-2-4-7(5-3-6)11(8,9)10/h18-21H,3-17,22H2,1-2H3;19H,2-17H2,1H3;2-5H,1H3. The van der Waals surface area contributed by atoms with Gasteiger partial charge < -0.3 is 14.6 Å². The van der Waals surface area contributed by atoms with Crippen LogP contribution in [0.1, 0.15) is 204 Å². The van der Waals surface area contributed by atoms with Crippen molar-refractivity contribution >= 4 is 41.8 Å². The molecule has 0 saturated carbocycles. The van der Waals surface area contributed by atoms with Crippen molar-refractivity contribution in [2.24, 2.45) is 0 Å². The smallest absolute Gasteiger partial charge is 0.305 e. The number of aliphatic hydroxyl groups excluding tert-OH is 1. The molecule has 10 nitrogen and oxygen atoms in total. The van der Waals surface area contributed by atoms with Crippen LogP contribution >= 0.6 is 10.7 Å². The van der Waals surface area contributed by atoms with Gasteiger partial charge in [0.2, 0.25) is 0 Å². The number of aliphatic hydroxyl groups is 1. The third kappa shape index (κ3) is 38.5. The minimum absolute atomic E-state index is 0.0774. The van der Waals surface area contributed by atoms with Crippen LogP contribution in [-0.2, 0) is 42.4 Å². The molecule has 0 amide bonds. The van der Waals surface area contributed by atoms with E-state index in [1.54, 1.807) is 36.4 Å². The molecule has 2 aromatic rings. The summed E-state index contributed by atoms with van der Waals surface area (Å²) in [5.41, 5.74) is 2.04. The van der Waals surface area contributed by atoms with Crippen LogP contribution < -0.4 is 0 Å². The number of hydrogen-bond acceptors (Lipinski definition) is 10. The Labute approximate surface area is 388 Å². The summed E-state index contributed by atoms with van der Waals surface area (Å²) in [6.07, 6.45) is 35.3. The summed E-state index contributed by atoms with van der Waals surface area (Å²) in [5, 5.41) is 8.67. The molecule has 0 aliphatic heterocycles. The maximum absolute atomic E-state index is 12.1. The number of halogens is 1. The highest BCUT2D eigenvalue weighted by Crippen LogP contribution is 2.18. The van der Waals surface area contributed by atoms with Crippen LogP contribution in [-0.4, -0.2) is 61.3 Å². The average Bonchev–Trinajstić information content (AvgIpc) is 3.26. The van der Waals surface area contributed by atoms with Crippen LogP contribution in [0.5, 0.6) is 0 Å². The molecule has 0 aliphatic rings. The topological polar surface area (TPSA) is 150 Å². The summed E-state index contributed by atoms with van der Waals surface area (Å²) in [7, 11) is 0.817. The maximum atomic E-state index is 12.1. The highest BCUT2D eigenvalue weighted by Gasteiger charge is 2.14. The number of esters is 2. The first kappa shape index (κ1) is 60.5. The molecule has 364 valence electrons. The number of unbranched alkanes of at least 4 members (excludes halogenated alkanes) is 26. The number of carbonyl (C=O) groups excluding carboxylic acids is 2. The van der Waals surface area contributed by atoms with Gasteiger partial charge >= 0.3 is 11.9 Å². The van der Waals surface area contributed by atoms with Crippen LogP contribution in [0.2, 0.25) is 0 Å². The molecule has 0 fully saturated rings. The van der Waals surface area contributed by atoms with Crippen molar-refractivity contribution in [3.63, 3.8) is 0 Å². The second kappa shape index (κ2) is 41.0. The van der Waals surface area contributed by atoms with Crippen molar-refractivity contribution in [2.75, 3.05) is 27.4 Å². The lowest BCUT2D eigenvalue weighted by Gasteiger charge is -2.06. The Morgan fingerprint density at radius 1 is 0.444 bits per heavy atom. The van der Waals surface area contributed by atoms with Gasteiger partial charge in [0.05, 0.1) is 30.6 Å². The van der Waals surface area contributed by atoms with Gasteiger partial charge in [0, 0.05) is 30.1 Å². The molecule has 0 saturated heterocycles. The molecular weight excluding hydrogens is 860 g/mol. The largest absolute Gasteiger partial charge is 0.469 e. The number of methoxy groups -OCH3 is 2. The van der Waals surface area contributed by atoms with E-state index in [0.717, 1.165) is 62.5 Å². The molecule has 13 heteroatoms. The highest BCUT2D eigenvalue weighted by molar-refractivity contribution is 8.13. The first-order valence-electron chi connectivity index (χ1n) is 24.0. The van der Waals surface area contributed by atoms with E-state index >= 15 is 0 Å². The zero-order valence-corrected chi connectivity index (χ0v) is 42.0. The lowest BCUT2D eigenvalue weighted by Crippen LogP contribution is -2.07. The summed E-state index contributed by atoms with van der Waals surface area (Å²) >= 11 is 0. The molecular formula is C50H85ClO10S2. The fourth-order valence-corrected chi connectivity index (χ4v) is 8.55. The molecule has 0 radical (unpaired) electrons. The molecule has 0 unspecified atom stereocenters. The second-order valence-electron chi connectivity index (χ2n) is 16.6. The number of aryl methyl sites for hydroxylation is 2. The monoisotopic (exact) mass is 945 g/mol. The van der Waals surface area contributed by atoms with Gasteiger partial charge in [-0.2, -0.15) is 8.42 Å². The zero-order valence-electron chi connectivity index (χ0n) is 39.6. The van der Waals surface area contributed by atoms with E-state index in [9.17, 15) is 26.4 Å². The van der Waals surface area contributed by atoms with E-state index in [-0.39, 0.29) is 28.3 Å². The predicted molar refractivity (Wildman–Crippen MR) is 258 cm³/mol. The first-order valence-corrected chi connectivity index (χ1v) is 27.7. The van der Waals surface area contributed by atoms with Crippen LogP contribution in [0.15, 0.2) is 58.3 Å². The molecule has 0 aliphatic carbocycles. The van der Waals surface area contributed by atoms with Crippen LogP contribution in [0, 0.1) is 13.8 Å². The van der Waals surface area contributed by atoms with Crippen LogP contribution in [0.3, 0.4) is 0 Å². The Morgan fingerprint density at radius 2 is 0.714 bits per heavy atom. The van der Waals surface area contributed by atoms with Gasteiger partial charge in [-0.3, -0.25) is 13.8 Å². The quantitative estimate of drug-likeness (QED) is 0.0303. The number of hydrogen-bond donors (Lipinski definition) is 1. The predicted octanol–water partition coefficient (Wildman–Crippen LogP) is 13.7. The zero-order chi connectivity index (χ0) is 46.9. The Bertz CT molecular complexity index is 1600. The van der Waals surface area contributed by atoms with E-state index < -0.39 is 19.2 Å². The molecule has 1 N–H and O–H groups in total. The molecule has 0 spiro atoms. The summed E-state index contributed by atoms with van der Waals surface area (Å²) in [4.78, 5) is 22.3. The van der Waals surface area contributed by atoms with Crippen molar-refractivity contribution < 1.29 is 45.2 Å². The normalized spacial score (nSPS) is 11.3. The highest BCUT2D eigenvalue weighted by atomic mass is 35.7. The van der Waals surface area contributed by atoms with Crippen molar-refractivity contribution in [3.05, 3.63) is 59.7 Å². The summed E-state index contributed by atoms with van der Waals surface area (Å²) in [6.45, 7) is 4.42. The molecule has 0 atom stereocenters. The fraction of sp³-hybridized carbons (Fsp3) is 0.720. The van der Waals surface area contributed by atoms with Crippen molar-refractivity contribution in [1.82, 2.24) is 0 Å². The molecule has 2 aromatic carbocycles. The van der Waals surface area contributed by atoms with Crippen molar-refractivity contribution in [2.45, 2.75) is 216 Å². The molecule has 2 rings (SSSR count). The van der Waals surface area contributed by atoms with E-state index in [4.69, 9.17) is 20.0 Å². The molecule has 63 heavy (non-hydrogen) atoms. The first-order chi connectivity index (χ1) is 30.3. The van der Waals surface area contributed by atoms with Gasteiger partial charge in [-0.25, -0.2) is 8.42 Å². The Balaban J connectivity index is 0.00000103. The Hall–Kier alpha value is -2.51. The Morgan fingerprint density at radius 3 is 1.00 bits per heavy atom. The number of carbonyl (C=O) groups is 2. The minimum Gasteiger partial charge on any atom is -0.469 e. The van der Waals surface area contributed by atoms with Crippen LogP contribution in [0.25, 0.3) is 0 Å². The average molecular weight is 946 g/mol. The van der Waals surface area contributed by atoms with E-state index in [2.05, 4.69) is 9.47 Å². The van der Waals surface area contributed by atoms with Gasteiger partial charge in [0.25, 0.3) is 19.2 Å². The third-order valence-corrected chi connectivity index (χ3v) is 13.6. The summed E-state index contributed by atoms with van der Waals surface area (Å²) in [5.74, 6) is -0.175. The number of rotatable bonds is 36. The summed E-state index contributed by atoms with van der Waals surface area (Å²) < 4.78 is 60.0. The van der Waals surface area contributed by atoms with Crippen LogP contribution in [0.4, 0.5) is 0 Å². The fourth-order valence-electron chi connectivity index (χ4n) is 6.84. The lowest BCUT2D eigenvalue weighted by atomic mass is 10.0. The SMILES string of the molecule is COC(=O)CCCCCCCCCCCCCCCCO.COC(=O)CCCCCCCCCCCCCCCCOS(=O)(=O)c1ccc(C)cc1.Cc1ccc(S(=O)(=O)Cl)cc1. The van der Waals surface area contributed by atoms with Gasteiger partial charge in [0.15, 0.2) is 0 Å². The second-order valence-corrected chi connectivity index (χ2v) is 20.8. The summed E-state index contributed by atoms with van der Waals surface area (Å²) in [6, 6.07) is 13.1. The lowest BCUT2D eigenvalue weighted by molar-refractivity contribution is -0.141. The number of ether oxygens (including phenoxy) is 2. The molecule has 0 aromatic heterocycles. The van der Waals surface area contributed by atoms with E-state index in [1.807, 2.05) is 13.8 Å². The van der Waals surface area contributed by atoms with E-state index in [1.165, 1.54) is 155 Å². The Kier molecular flexibility index (Phi) is 39.3. The maximum Gasteiger partial charge on any atom is 0.305 e. The van der Waals surface area contributed by atoms with E-state index in [0.29, 0.717) is 19.4 Å². The van der Waals surface area contributed by atoms with Crippen molar-refractivity contribution in [3.8, 4) is 0 Å². The van der Waals surface area contributed by atoms with Gasteiger partial charge in [-0.1, -0.05) is 189 Å². The molecule has 0 heterocycles. The van der Waals surface area contributed by atoms with Crippen molar-refractivity contribution in [1.29, 1.82) is 0 Å². The van der Waals surface area contributed by atoms with Gasteiger partial charge in [-0.05, 0) is 63.8 Å². The molecule has 0 bridgehead atoms. The van der Waals surface area contributed by atoms with Gasteiger partial charge in [-0.15, -0.1) is 0 Å². The minimum atomic E-state index is -3.62. The van der Waals surface area contributed by atoms with Gasteiger partial charge in [0.1, 0.15) is 0 Å². The third-order valence-electron chi connectivity index (χ3n) is 10.9.